The van der Waals surface area contributed by atoms with Crippen LogP contribution in [0.3, 0.4) is 0 Å². The van der Waals surface area contributed by atoms with E-state index in [4.69, 9.17) is 18.7 Å². The summed E-state index contributed by atoms with van der Waals surface area (Å²) in [6.07, 6.45) is 0.953. The average Bonchev–Trinajstić information content (AvgIpc) is 2.95. The quantitative estimate of drug-likeness (QED) is 0.789. The average molecular weight is 348 g/mol. The second-order valence-electron chi connectivity index (χ2n) is 5.60. The largest absolute Gasteiger partial charge is 0.496 e. The maximum absolute atomic E-state index is 12.2. The molecule has 0 fully saturated rings. The minimum atomic E-state index is -0.0585. The summed E-state index contributed by atoms with van der Waals surface area (Å²) in [5, 5.41) is 6.79. The van der Waals surface area contributed by atoms with Gasteiger partial charge in [-0.1, -0.05) is 5.16 Å². The van der Waals surface area contributed by atoms with Gasteiger partial charge in [-0.2, -0.15) is 0 Å². The SMILES string of the molecule is COc1cc(OC)c(OC)cc1CNC(=O)CCc1c(C)noc1C. The van der Waals surface area contributed by atoms with Gasteiger partial charge in [-0.25, -0.2) is 0 Å². The number of hydrogen-bond acceptors (Lipinski definition) is 6. The number of rotatable bonds is 8. The van der Waals surface area contributed by atoms with Crippen LogP contribution in [-0.4, -0.2) is 32.4 Å². The first-order valence-corrected chi connectivity index (χ1v) is 7.97. The van der Waals surface area contributed by atoms with E-state index in [-0.39, 0.29) is 5.91 Å². The lowest BCUT2D eigenvalue weighted by atomic mass is 10.1. The Morgan fingerprint density at radius 1 is 1.08 bits per heavy atom. The molecule has 0 atom stereocenters. The first-order valence-electron chi connectivity index (χ1n) is 7.97. The van der Waals surface area contributed by atoms with Gasteiger partial charge in [0.25, 0.3) is 0 Å². The van der Waals surface area contributed by atoms with Crippen LogP contribution in [0.1, 0.15) is 29.0 Å². The first kappa shape index (κ1) is 18.6. The van der Waals surface area contributed by atoms with Crippen LogP contribution >= 0.6 is 0 Å². The zero-order valence-electron chi connectivity index (χ0n) is 15.3. The van der Waals surface area contributed by atoms with Crippen molar-refractivity contribution < 1.29 is 23.5 Å². The van der Waals surface area contributed by atoms with E-state index in [1.807, 2.05) is 13.8 Å². The summed E-state index contributed by atoms with van der Waals surface area (Å²) in [6, 6.07) is 3.54. The van der Waals surface area contributed by atoms with Gasteiger partial charge < -0.3 is 24.1 Å². The third-order valence-corrected chi connectivity index (χ3v) is 4.05. The molecule has 2 rings (SSSR count). The van der Waals surface area contributed by atoms with Crippen molar-refractivity contribution in [3.8, 4) is 17.2 Å². The van der Waals surface area contributed by atoms with Crippen molar-refractivity contribution in [2.24, 2.45) is 0 Å². The fourth-order valence-electron chi connectivity index (χ4n) is 2.61. The molecule has 0 unspecified atom stereocenters. The molecular weight excluding hydrogens is 324 g/mol. The van der Waals surface area contributed by atoms with Gasteiger partial charge in [0.2, 0.25) is 5.91 Å². The number of carbonyl (C=O) groups is 1. The summed E-state index contributed by atoms with van der Waals surface area (Å²) in [5.74, 6) is 2.49. The molecule has 0 aliphatic heterocycles. The lowest BCUT2D eigenvalue weighted by Crippen LogP contribution is -2.23. The number of hydrogen-bond donors (Lipinski definition) is 1. The zero-order valence-corrected chi connectivity index (χ0v) is 15.3. The van der Waals surface area contributed by atoms with E-state index in [9.17, 15) is 4.79 Å². The Bertz CT molecular complexity index is 720. The van der Waals surface area contributed by atoms with Gasteiger partial charge in [-0.05, 0) is 26.3 Å². The number of carbonyl (C=O) groups excluding carboxylic acids is 1. The molecule has 0 bridgehead atoms. The summed E-state index contributed by atoms with van der Waals surface area (Å²) in [5.41, 5.74) is 2.62. The monoisotopic (exact) mass is 348 g/mol. The molecule has 7 nitrogen and oxygen atoms in total. The molecule has 1 aromatic carbocycles. The van der Waals surface area contributed by atoms with Gasteiger partial charge in [-0.3, -0.25) is 4.79 Å². The minimum absolute atomic E-state index is 0.0585. The van der Waals surface area contributed by atoms with E-state index in [0.29, 0.717) is 36.6 Å². The van der Waals surface area contributed by atoms with Crippen molar-refractivity contribution in [3.63, 3.8) is 0 Å². The Morgan fingerprint density at radius 2 is 1.72 bits per heavy atom. The number of aryl methyl sites for hydroxylation is 2. The molecule has 0 aliphatic carbocycles. The molecule has 2 aromatic rings. The molecule has 0 saturated carbocycles. The van der Waals surface area contributed by atoms with Crippen LogP contribution in [0, 0.1) is 13.8 Å². The van der Waals surface area contributed by atoms with Crippen molar-refractivity contribution in [1.29, 1.82) is 0 Å². The summed E-state index contributed by atoms with van der Waals surface area (Å²) in [7, 11) is 4.70. The second-order valence-corrected chi connectivity index (χ2v) is 5.60. The first-order chi connectivity index (χ1) is 12.0. The molecule has 0 radical (unpaired) electrons. The topological polar surface area (TPSA) is 82.8 Å². The smallest absolute Gasteiger partial charge is 0.220 e. The Balaban J connectivity index is 1.99. The molecule has 25 heavy (non-hydrogen) atoms. The summed E-state index contributed by atoms with van der Waals surface area (Å²) in [6.45, 7) is 4.06. The molecule has 1 aromatic heterocycles. The van der Waals surface area contributed by atoms with Gasteiger partial charge >= 0.3 is 0 Å². The maximum atomic E-state index is 12.2. The predicted octanol–water partition coefficient (Wildman–Crippen LogP) is 2.57. The van der Waals surface area contributed by atoms with Crippen molar-refractivity contribution in [2.45, 2.75) is 33.2 Å². The van der Waals surface area contributed by atoms with Crippen LogP contribution in [0.5, 0.6) is 17.2 Å². The highest BCUT2D eigenvalue weighted by atomic mass is 16.5. The third-order valence-electron chi connectivity index (χ3n) is 4.05. The maximum Gasteiger partial charge on any atom is 0.220 e. The van der Waals surface area contributed by atoms with E-state index in [1.165, 1.54) is 0 Å². The highest BCUT2D eigenvalue weighted by molar-refractivity contribution is 5.76. The van der Waals surface area contributed by atoms with Crippen molar-refractivity contribution in [2.75, 3.05) is 21.3 Å². The Labute approximate surface area is 147 Å². The summed E-state index contributed by atoms with van der Waals surface area (Å²) in [4.78, 5) is 12.2. The number of amides is 1. The Hall–Kier alpha value is -2.70. The molecule has 1 amide bonds. The number of methoxy groups -OCH3 is 3. The number of nitrogens with zero attached hydrogens (tertiary/aromatic N) is 1. The summed E-state index contributed by atoms with van der Waals surface area (Å²) < 4.78 is 21.0. The number of ether oxygens (including phenoxy) is 3. The third kappa shape index (κ3) is 4.43. The highest BCUT2D eigenvalue weighted by Gasteiger charge is 2.14. The number of aromatic nitrogens is 1. The van der Waals surface area contributed by atoms with Crippen LogP contribution in [0.2, 0.25) is 0 Å². The molecule has 1 N–H and O–H groups in total. The van der Waals surface area contributed by atoms with Gasteiger partial charge in [0, 0.05) is 30.2 Å². The van der Waals surface area contributed by atoms with Crippen LogP contribution < -0.4 is 19.5 Å². The van der Waals surface area contributed by atoms with Gasteiger partial charge in [0.15, 0.2) is 11.5 Å². The molecule has 0 saturated heterocycles. The number of benzene rings is 1. The van der Waals surface area contributed by atoms with Crippen molar-refractivity contribution >= 4 is 5.91 Å². The summed E-state index contributed by atoms with van der Waals surface area (Å²) >= 11 is 0. The predicted molar refractivity (Wildman–Crippen MR) is 92.2 cm³/mol. The Kier molecular flexibility index (Phi) is 6.27. The van der Waals surface area contributed by atoms with Crippen LogP contribution in [0.25, 0.3) is 0 Å². The normalized spacial score (nSPS) is 10.4. The fraction of sp³-hybridized carbons (Fsp3) is 0.444. The molecule has 7 heteroatoms. The lowest BCUT2D eigenvalue weighted by molar-refractivity contribution is -0.121. The van der Waals surface area contributed by atoms with Gasteiger partial charge in [-0.15, -0.1) is 0 Å². The van der Waals surface area contributed by atoms with Crippen LogP contribution in [0.15, 0.2) is 16.7 Å². The van der Waals surface area contributed by atoms with E-state index >= 15 is 0 Å². The van der Waals surface area contributed by atoms with E-state index < -0.39 is 0 Å². The molecule has 0 aliphatic rings. The van der Waals surface area contributed by atoms with Crippen LogP contribution in [0.4, 0.5) is 0 Å². The molecule has 0 spiro atoms. The van der Waals surface area contributed by atoms with E-state index in [0.717, 1.165) is 22.6 Å². The van der Waals surface area contributed by atoms with E-state index in [1.54, 1.807) is 33.5 Å². The van der Waals surface area contributed by atoms with Gasteiger partial charge in [0.1, 0.15) is 11.5 Å². The Morgan fingerprint density at radius 3 is 2.28 bits per heavy atom. The van der Waals surface area contributed by atoms with E-state index in [2.05, 4.69) is 10.5 Å². The molecular formula is C18H24N2O5. The molecule has 1 heterocycles. The standard InChI is InChI=1S/C18H24N2O5/c1-11-14(12(2)25-20-11)6-7-18(21)19-10-13-8-16(23-4)17(24-5)9-15(13)22-3/h8-9H,6-7,10H2,1-5H3,(H,19,21). The lowest BCUT2D eigenvalue weighted by Gasteiger charge is -2.14. The number of nitrogens with one attached hydrogen (secondary N) is 1. The highest BCUT2D eigenvalue weighted by Crippen LogP contribution is 2.34. The van der Waals surface area contributed by atoms with Crippen LogP contribution in [-0.2, 0) is 17.8 Å². The van der Waals surface area contributed by atoms with Crippen molar-refractivity contribution in [1.82, 2.24) is 10.5 Å². The minimum Gasteiger partial charge on any atom is -0.496 e. The fourth-order valence-corrected chi connectivity index (χ4v) is 2.61. The zero-order chi connectivity index (χ0) is 18.4. The van der Waals surface area contributed by atoms with Crippen molar-refractivity contribution in [3.05, 3.63) is 34.7 Å². The second kappa shape index (κ2) is 8.41. The molecule has 136 valence electrons. The van der Waals surface area contributed by atoms with Gasteiger partial charge in [0.05, 0.1) is 27.0 Å².